The number of hydrogen-bond acceptors (Lipinski definition) is 2. The SMILES string of the molecule is Cc1cc(Br)ccc1C(=O)N1CCC(C)CC1C(=O)O. The van der Waals surface area contributed by atoms with E-state index >= 15 is 0 Å². The van der Waals surface area contributed by atoms with Crippen molar-refractivity contribution >= 4 is 27.8 Å². The van der Waals surface area contributed by atoms with Crippen LogP contribution < -0.4 is 0 Å². The first-order chi connectivity index (χ1) is 9.40. The zero-order chi connectivity index (χ0) is 14.9. The summed E-state index contributed by atoms with van der Waals surface area (Å²) in [6.07, 6.45) is 1.38. The number of carboxylic acids is 1. The fourth-order valence-electron chi connectivity index (χ4n) is 2.64. The Labute approximate surface area is 126 Å². The van der Waals surface area contributed by atoms with E-state index in [0.717, 1.165) is 16.5 Å². The minimum atomic E-state index is -0.917. The van der Waals surface area contributed by atoms with Crippen LogP contribution in [0.5, 0.6) is 0 Å². The summed E-state index contributed by atoms with van der Waals surface area (Å²) < 4.78 is 0.911. The molecule has 0 radical (unpaired) electrons. The first-order valence-electron chi connectivity index (χ1n) is 6.70. The maximum Gasteiger partial charge on any atom is 0.326 e. The second kappa shape index (κ2) is 5.95. The van der Waals surface area contributed by atoms with Gasteiger partial charge < -0.3 is 10.0 Å². The Kier molecular flexibility index (Phi) is 4.48. The lowest BCUT2D eigenvalue weighted by Gasteiger charge is -2.36. The highest BCUT2D eigenvalue weighted by molar-refractivity contribution is 9.10. The van der Waals surface area contributed by atoms with Crippen LogP contribution in [0.3, 0.4) is 0 Å². The molecule has 4 nitrogen and oxygen atoms in total. The number of piperidine rings is 1. The maximum absolute atomic E-state index is 12.6. The highest BCUT2D eigenvalue weighted by Crippen LogP contribution is 2.26. The number of amides is 1. The predicted molar refractivity (Wildman–Crippen MR) is 79.7 cm³/mol. The van der Waals surface area contributed by atoms with Crippen molar-refractivity contribution in [2.45, 2.75) is 32.7 Å². The number of halogens is 1. The molecule has 1 aromatic carbocycles. The highest BCUT2D eigenvalue weighted by atomic mass is 79.9. The molecule has 2 atom stereocenters. The van der Waals surface area contributed by atoms with Gasteiger partial charge in [-0.25, -0.2) is 4.79 Å². The molecule has 1 aliphatic heterocycles. The molecule has 2 rings (SSSR count). The molecular weight excluding hydrogens is 322 g/mol. The van der Waals surface area contributed by atoms with Crippen LogP contribution in [-0.4, -0.2) is 34.5 Å². The lowest BCUT2D eigenvalue weighted by molar-refractivity contribution is -0.144. The molecule has 1 fully saturated rings. The highest BCUT2D eigenvalue weighted by Gasteiger charge is 2.35. The van der Waals surface area contributed by atoms with E-state index < -0.39 is 12.0 Å². The van der Waals surface area contributed by atoms with Gasteiger partial charge in [0.05, 0.1) is 0 Å². The number of hydrogen-bond donors (Lipinski definition) is 1. The van der Waals surface area contributed by atoms with Crippen LogP contribution in [0.4, 0.5) is 0 Å². The zero-order valence-electron chi connectivity index (χ0n) is 11.6. The molecule has 0 aliphatic carbocycles. The molecule has 1 aromatic rings. The van der Waals surface area contributed by atoms with E-state index in [4.69, 9.17) is 0 Å². The number of carboxylic acid groups (broad SMARTS) is 1. The fraction of sp³-hybridized carbons (Fsp3) is 0.467. The van der Waals surface area contributed by atoms with Gasteiger partial charge >= 0.3 is 5.97 Å². The van der Waals surface area contributed by atoms with Crippen molar-refractivity contribution < 1.29 is 14.7 Å². The van der Waals surface area contributed by atoms with Crippen LogP contribution in [0.15, 0.2) is 22.7 Å². The van der Waals surface area contributed by atoms with Gasteiger partial charge in [-0.05, 0) is 49.4 Å². The van der Waals surface area contributed by atoms with Gasteiger partial charge in [0.15, 0.2) is 0 Å². The van der Waals surface area contributed by atoms with E-state index in [9.17, 15) is 14.7 Å². The Morgan fingerprint density at radius 1 is 1.40 bits per heavy atom. The van der Waals surface area contributed by atoms with E-state index in [1.165, 1.54) is 4.90 Å². The summed E-state index contributed by atoms with van der Waals surface area (Å²) in [6, 6.07) is 4.71. The van der Waals surface area contributed by atoms with Crippen LogP contribution in [0.25, 0.3) is 0 Å². The molecule has 1 amide bonds. The van der Waals surface area contributed by atoms with Gasteiger partial charge in [0.1, 0.15) is 6.04 Å². The van der Waals surface area contributed by atoms with Crippen molar-refractivity contribution in [3.63, 3.8) is 0 Å². The van der Waals surface area contributed by atoms with Crippen LogP contribution in [0.1, 0.15) is 35.7 Å². The van der Waals surface area contributed by atoms with Crippen LogP contribution in [0.2, 0.25) is 0 Å². The zero-order valence-corrected chi connectivity index (χ0v) is 13.2. The topological polar surface area (TPSA) is 57.6 Å². The number of aryl methyl sites for hydroxylation is 1. The van der Waals surface area contributed by atoms with Gasteiger partial charge in [0.2, 0.25) is 0 Å². The number of rotatable bonds is 2. The largest absolute Gasteiger partial charge is 0.480 e. The first-order valence-corrected chi connectivity index (χ1v) is 7.49. The van der Waals surface area contributed by atoms with E-state index in [2.05, 4.69) is 15.9 Å². The standard InChI is InChI=1S/C15H18BrNO3/c1-9-5-6-17(13(7-9)15(19)20)14(18)12-4-3-11(16)8-10(12)2/h3-4,8-9,13H,5-7H2,1-2H3,(H,19,20). The Bertz CT molecular complexity index is 544. The van der Waals surface area contributed by atoms with Crippen molar-refractivity contribution in [1.82, 2.24) is 4.90 Å². The molecule has 0 saturated carbocycles. The number of aliphatic carboxylic acids is 1. The molecule has 0 spiro atoms. The summed E-state index contributed by atoms with van der Waals surface area (Å²) in [5.41, 5.74) is 1.43. The second-order valence-electron chi connectivity index (χ2n) is 5.44. The Morgan fingerprint density at radius 3 is 2.70 bits per heavy atom. The van der Waals surface area contributed by atoms with Gasteiger partial charge in [-0.2, -0.15) is 0 Å². The van der Waals surface area contributed by atoms with Crippen LogP contribution in [0, 0.1) is 12.8 Å². The summed E-state index contributed by atoms with van der Waals surface area (Å²) in [4.78, 5) is 25.5. The van der Waals surface area contributed by atoms with E-state index in [-0.39, 0.29) is 5.91 Å². The molecular formula is C15H18BrNO3. The summed E-state index contributed by atoms with van der Waals surface area (Å²) in [5, 5.41) is 9.33. The smallest absolute Gasteiger partial charge is 0.326 e. The summed E-state index contributed by atoms with van der Waals surface area (Å²) >= 11 is 3.37. The van der Waals surface area contributed by atoms with E-state index in [0.29, 0.717) is 24.4 Å². The normalized spacial score (nSPS) is 22.6. The third kappa shape index (κ3) is 3.03. The lowest BCUT2D eigenvalue weighted by atomic mass is 9.91. The predicted octanol–water partition coefficient (Wildman–Crippen LogP) is 3.08. The molecule has 1 N–H and O–H groups in total. The fourth-order valence-corrected chi connectivity index (χ4v) is 3.12. The van der Waals surface area contributed by atoms with Gasteiger partial charge in [-0.3, -0.25) is 4.79 Å². The monoisotopic (exact) mass is 339 g/mol. The third-order valence-corrected chi connectivity index (χ3v) is 4.32. The number of carbonyl (C=O) groups excluding carboxylic acids is 1. The molecule has 1 saturated heterocycles. The van der Waals surface area contributed by atoms with E-state index in [1.54, 1.807) is 6.07 Å². The molecule has 1 heterocycles. The van der Waals surface area contributed by atoms with Crippen LogP contribution in [-0.2, 0) is 4.79 Å². The molecule has 5 heteroatoms. The first kappa shape index (κ1) is 15.0. The molecule has 108 valence electrons. The van der Waals surface area contributed by atoms with Crippen molar-refractivity contribution in [3.8, 4) is 0 Å². The maximum atomic E-state index is 12.6. The lowest BCUT2D eigenvalue weighted by Crippen LogP contribution is -2.49. The molecule has 20 heavy (non-hydrogen) atoms. The van der Waals surface area contributed by atoms with Crippen molar-refractivity contribution in [2.24, 2.45) is 5.92 Å². The molecule has 0 aromatic heterocycles. The van der Waals surface area contributed by atoms with Gasteiger partial charge in [0.25, 0.3) is 5.91 Å². The minimum absolute atomic E-state index is 0.186. The Balaban J connectivity index is 2.28. The molecule has 0 bridgehead atoms. The van der Waals surface area contributed by atoms with Gasteiger partial charge in [-0.15, -0.1) is 0 Å². The number of carbonyl (C=O) groups is 2. The number of benzene rings is 1. The number of likely N-dealkylation sites (tertiary alicyclic amines) is 1. The summed E-state index contributed by atoms with van der Waals surface area (Å²) in [7, 11) is 0. The second-order valence-corrected chi connectivity index (χ2v) is 6.36. The van der Waals surface area contributed by atoms with Crippen molar-refractivity contribution in [3.05, 3.63) is 33.8 Å². The summed E-state index contributed by atoms with van der Waals surface area (Å²) in [6.45, 7) is 4.40. The van der Waals surface area contributed by atoms with Gasteiger partial charge in [0, 0.05) is 16.6 Å². The van der Waals surface area contributed by atoms with Crippen molar-refractivity contribution in [2.75, 3.05) is 6.54 Å². The van der Waals surface area contributed by atoms with Gasteiger partial charge in [-0.1, -0.05) is 22.9 Å². The third-order valence-electron chi connectivity index (χ3n) is 3.83. The molecule has 2 unspecified atom stereocenters. The summed E-state index contributed by atoms with van der Waals surface area (Å²) in [5.74, 6) is -0.764. The average Bonchev–Trinajstić information content (AvgIpc) is 2.37. The quantitative estimate of drug-likeness (QED) is 0.900. The van der Waals surface area contributed by atoms with Crippen LogP contribution >= 0.6 is 15.9 Å². The Morgan fingerprint density at radius 2 is 2.10 bits per heavy atom. The minimum Gasteiger partial charge on any atom is -0.480 e. The van der Waals surface area contributed by atoms with E-state index in [1.807, 2.05) is 26.0 Å². The molecule has 1 aliphatic rings. The Hall–Kier alpha value is -1.36. The number of nitrogens with zero attached hydrogens (tertiary/aromatic N) is 1. The average molecular weight is 340 g/mol. The van der Waals surface area contributed by atoms with Crippen molar-refractivity contribution in [1.29, 1.82) is 0 Å².